The molecular formula is C46H38N2. The lowest BCUT2D eigenvalue weighted by Crippen LogP contribution is -2.20. The van der Waals surface area contributed by atoms with Gasteiger partial charge in [0.05, 0.1) is 16.6 Å². The molecule has 2 unspecified atom stereocenters. The first-order valence-corrected chi connectivity index (χ1v) is 17.7. The molecule has 48 heavy (non-hydrogen) atoms. The minimum atomic E-state index is 0.367. The van der Waals surface area contributed by atoms with Crippen LogP contribution in [0.15, 0.2) is 151 Å². The quantitative estimate of drug-likeness (QED) is 0.190. The van der Waals surface area contributed by atoms with Crippen LogP contribution in [0.25, 0.3) is 61.3 Å². The van der Waals surface area contributed by atoms with E-state index in [0.717, 1.165) is 38.5 Å². The molecule has 3 aromatic carbocycles. The Morgan fingerprint density at radius 2 is 1.35 bits per heavy atom. The van der Waals surface area contributed by atoms with Gasteiger partial charge in [-0.3, -0.25) is 0 Å². The molecule has 0 radical (unpaired) electrons. The molecule has 0 saturated heterocycles. The normalized spacial score (nSPS) is 21.3. The minimum Gasteiger partial charge on any atom is -0.316 e. The molecule has 2 atom stereocenters. The Hall–Kier alpha value is -5.34. The Kier molecular flexibility index (Phi) is 6.43. The van der Waals surface area contributed by atoms with E-state index in [4.69, 9.17) is 0 Å². The predicted molar refractivity (Wildman–Crippen MR) is 204 cm³/mol. The monoisotopic (exact) mass is 618 g/mol. The van der Waals surface area contributed by atoms with Crippen molar-refractivity contribution in [3.63, 3.8) is 0 Å². The molecule has 10 rings (SSSR count). The number of aromatic nitrogens is 2. The summed E-state index contributed by atoms with van der Waals surface area (Å²) in [4.78, 5) is 0. The summed E-state index contributed by atoms with van der Waals surface area (Å²) in [6, 6.07) is 23.2. The first kappa shape index (κ1) is 27.7. The summed E-state index contributed by atoms with van der Waals surface area (Å²) in [5.74, 6) is 0.787. The molecule has 2 heterocycles. The van der Waals surface area contributed by atoms with Crippen LogP contribution in [-0.4, -0.2) is 9.13 Å². The van der Waals surface area contributed by atoms with Gasteiger partial charge in [0, 0.05) is 50.6 Å². The highest BCUT2D eigenvalue weighted by Gasteiger charge is 2.28. The van der Waals surface area contributed by atoms with Gasteiger partial charge in [-0.2, -0.15) is 0 Å². The zero-order valence-electron chi connectivity index (χ0n) is 27.1. The molecule has 2 heteroatoms. The number of benzene rings is 3. The second kappa shape index (κ2) is 11.1. The predicted octanol–water partition coefficient (Wildman–Crippen LogP) is 12.0. The lowest BCUT2D eigenvalue weighted by molar-refractivity contribution is 0.646. The maximum absolute atomic E-state index is 2.58. The maximum Gasteiger partial charge on any atom is 0.0538 e. The molecule has 0 saturated carbocycles. The third-order valence-electron chi connectivity index (χ3n) is 11.0. The van der Waals surface area contributed by atoms with Gasteiger partial charge in [-0.15, -0.1) is 0 Å². The van der Waals surface area contributed by atoms with Crippen LogP contribution < -0.4 is 0 Å². The molecular weight excluding hydrogens is 581 g/mol. The fraction of sp³-hybridized carbons (Fsp3) is 0.174. The smallest absolute Gasteiger partial charge is 0.0538 e. The summed E-state index contributed by atoms with van der Waals surface area (Å²) in [7, 11) is 0. The molecule has 0 amide bonds. The van der Waals surface area contributed by atoms with Crippen molar-refractivity contribution in [2.24, 2.45) is 11.8 Å². The second-order valence-corrected chi connectivity index (χ2v) is 13.8. The Bertz CT molecular complexity index is 2450. The molecule has 0 N–H and O–H groups in total. The molecule has 0 fully saturated rings. The lowest BCUT2D eigenvalue weighted by atomic mass is 9.82. The van der Waals surface area contributed by atoms with Gasteiger partial charge in [-0.1, -0.05) is 103 Å². The van der Waals surface area contributed by atoms with Crippen LogP contribution in [0.5, 0.6) is 0 Å². The zero-order chi connectivity index (χ0) is 31.6. The fourth-order valence-electron chi connectivity index (χ4n) is 8.77. The van der Waals surface area contributed by atoms with E-state index >= 15 is 0 Å². The van der Waals surface area contributed by atoms with Gasteiger partial charge in [0.1, 0.15) is 0 Å². The van der Waals surface area contributed by atoms with Crippen LogP contribution in [0.4, 0.5) is 0 Å². The standard InChI is InChI=1S/C46H38N2/c1-2-12-31(13-3-1)33-16-10-17-36(28-33)47-43-21-8-6-19-38(43)40-29-34(24-26-45(40)47)35-25-27-46-41(30-35)39-20-7-9-22-44(39)48(46)42-23-11-15-32-14-4-5-18-37(32)42/h2,4-8,11-16,18-21,23-30,32,37H,1,3,9-10,17,22H2. The van der Waals surface area contributed by atoms with Gasteiger partial charge < -0.3 is 9.13 Å². The van der Waals surface area contributed by atoms with Crippen molar-refractivity contribution in [1.82, 2.24) is 9.13 Å². The van der Waals surface area contributed by atoms with Crippen molar-refractivity contribution < 1.29 is 0 Å². The third-order valence-corrected chi connectivity index (χ3v) is 11.0. The summed E-state index contributed by atoms with van der Waals surface area (Å²) in [5, 5.41) is 3.98. The molecule has 5 aliphatic carbocycles. The largest absolute Gasteiger partial charge is 0.316 e. The minimum absolute atomic E-state index is 0.367. The number of nitrogens with zero attached hydrogens (tertiary/aromatic N) is 2. The Balaban J connectivity index is 1.10. The van der Waals surface area contributed by atoms with Gasteiger partial charge in [-0.25, -0.2) is 0 Å². The SMILES string of the molecule is C1=CC2C=CC=C(n3c4c(c5cc(-c6ccc7c(c6)c6ccccc6n7C6=CC(C7=CCCC=C7)=CCC6)ccc53)C=CCC4)C2C=C1. The molecule has 5 aliphatic rings. The Labute approximate surface area is 282 Å². The zero-order valence-corrected chi connectivity index (χ0v) is 27.1. The van der Waals surface area contributed by atoms with Crippen LogP contribution in [0, 0.1) is 11.8 Å². The molecule has 2 nitrogen and oxygen atoms in total. The summed E-state index contributed by atoms with van der Waals surface area (Å²) < 4.78 is 5.10. The van der Waals surface area contributed by atoms with E-state index in [1.165, 1.54) is 77.6 Å². The van der Waals surface area contributed by atoms with Gasteiger partial charge in [-0.05, 0) is 103 Å². The van der Waals surface area contributed by atoms with Crippen LogP contribution in [0.2, 0.25) is 0 Å². The molecule has 0 bridgehead atoms. The van der Waals surface area contributed by atoms with Crippen LogP contribution in [0.1, 0.15) is 43.4 Å². The van der Waals surface area contributed by atoms with Crippen molar-refractivity contribution in [1.29, 1.82) is 0 Å². The summed E-state index contributed by atoms with van der Waals surface area (Å²) in [6.45, 7) is 0. The van der Waals surface area contributed by atoms with Crippen molar-refractivity contribution in [2.45, 2.75) is 38.5 Å². The van der Waals surface area contributed by atoms with Crippen molar-refractivity contribution in [3.05, 3.63) is 162 Å². The average Bonchev–Trinajstić information content (AvgIpc) is 3.67. The van der Waals surface area contributed by atoms with E-state index < -0.39 is 0 Å². The van der Waals surface area contributed by atoms with Crippen LogP contribution in [-0.2, 0) is 6.42 Å². The van der Waals surface area contributed by atoms with E-state index in [0.29, 0.717) is 11.8 Å². The Morgan fingerprint density at radius 1 is 0.583 bits per heavy atom. The number of hydrogen-bond donors (Lipinski definition) is 0. The highest BCUT2D eigenvalue weighted by atomic mass is 15.0. The summed E-state index contributed by atoms with van der Waals surface area (Å²) in [6.07, 6.45) is 39.1. The van der Waals surface area contributed by atoms with E-state index in [-0.39, 0.29) is 0 Å². The first-order valence-electron chi connectivity index (χ1n) is 17.7. The van der Waals surface area contributed by atoms with Crippen molar-refractivity contribution >= 4 is 50.2 Å². The number of allylic oxidation sites excluding steroid dienone is 17. The van der Waals surface area contributed by atoms with Gasteiger partial charge in [0.2, 0.25) is 0 Å². The molecule has 5 aromatic rings. The molecule has 2 aromatic heterocycles. The number of rotatable bonds is 4. The Morgan fingerprint density at radius 3 is 2.25 bits per heavy atom. The number of fused-ring (bicyclic) bond motifs is 7. The van der Waals surface area contributed by atoms with E-state index in [2.05, 4.69) is 155 Å². The van der Waals surface area contributed by atoms with E-state index in [9.17, 15) is 0 Å². The van der Waals surface area contributed by atoms with Crippen molar-refractivity contribution in [3.8, 4) is 11.1 Å². The highest BCUT2D eigenvalue weighted by Crippen LogP contribution is 2.43. The van der Waals surface area contributed by atoms with Crippen LogP contribution in [0.3, 0.4) is 0 Å². The van der Waals surface area contributed by atoms with E-state index in [1.807, 2.05) is 0 Å². The lowest BCUT2D eigenvalue weighted by Gasteiger charge is -2.29. The summed E-state index contributed by atoms with van der Waals surface area (Å²) >= 11 is 0. The number of para-hydroxylation sites is 1. The fourth-order valence-corrected chi connectivity index (χ4v) is 8.77. The summed E-state index contributed by atoms with van der Waals surface area (Å²) in [5.41, 5.74) is 14.7. The van der Waals surface area contributed by atoms with Gasteiger partial charge in [0.15, 0.2) is 0 Å². The highest BCUT2D eigenvalue weighted by molar-refractivity contribution is 6.11. The van der Waals surface area contributed by atoms with Gasteiger partial charge >= 0.3 is 0 Å². The molecule has 0 aliphatic heterocycles. The average molecular weight is 619 g/mol. The molecule has 232 valence electrons. The second-order valence-electron chi connectivity index (χ2n) is 13.8. The van der Waals surface area contributed by atoms with Gasteiger partial charge in [0.25, 0.3) is 0 Å². The maximum atomic E-state index is 2.58. The van der Waals surface area contributed by atoms with E-state index in [1.54, 1.807) is 0 Å². The third kappa shape index (κ3) is 4.32. The first-order chi connectivity index (χ1) is 23.8. The van der Waals surface area contributed by atoms with Crippen LogP contribution >= 0.6 is 0 Å². The van der Waals surface area contributed by atoms with Crippen molar-refractivity contribution in [2.75, 3.05) is 0 Å². The number of hydrogen-bond acceptors (Lipinski definition) is 0. The molecule has 0 spiro atoms. The topological polar surface area (TPSA) is 9.86 Å².